The van der Waals surface area contributed by atoms with Crippen molar-refractivity contribution in [2.75, 3.05) is 19.6 Å². The molecule has 1 amide bonds. The van der Waals surface area contributed by atoms with Gasteiger partial charge in [-0.25, -0.2) is 0 Å². The molecular formula is C14H29N3O. The van der Waals surface area contributed by atoms with E-state index in [0.29, 0.717) is 6.42 Å². The van der Waals surface area contributed by atoms with Crippen LogP contribution in [-0.2, 0) is 4.79 Å². The van der Waals surface area contributed by atoms with E-state index in [2.05, 4.69) is 30.6 Å². The van der Waals surface area contributed by atoms with E-state index in [9.17, 15) is 4.79 Å². The van der Waals surface area contributed by atoms with Crippen LogP contribution in [0, 0.1) is 0 Å². The van der Waals surface area contributed by atoms with Gasteiger partial charge in [0.2, 0.25) is 5.91 Å². The zero-order valence-corrected chi connectivity index (χ0v) is 12.1. The standard InChI is InChI=1S/C14H29N3O/c1-5-9-13(15)14(18)16-12(4)10-8-11-17(6-2)7-3/h5,12-13H,1,6-11,15H2,2-4H3,(H,16,18). The van der Waals surface area contributed by atoms with Gasteiger partial charge in [-0.05, 0) is 45.8 Å². The molecule has 0 aromatic carbocycles. The number of amides is 1. The Morgan fingerprint density at radius 2 is 2.06 bits per heavy atom. The van der Waals surface area contributed by atoms with Gasteiger partial charge in [-0.2, -0.15) is 0 Å². The largest absolute Gasteiger partial charge is 0.352 e. The smallest absolute Gasteiger partial charge is 0.237 e. The van der Waals surface area contributed by atoms with Crippen LogP contribution in [-0.4, -0.2) is 42.5 Å². The van der Waals surface area contributed by atoms with Crippen molar-refractivity contribution < 1.29 is 4.79 Å². The second kappa shape index (κ2) is 10.1. The predicted molar refractivity (Wildman–Crippen MR) is 77.4 cm³/mol. The Bertz CT molecular complexity index is 239. The summed E-state index contributed by atoms with van der Waals surface area (Å²) in [4.78, 5) is 14.0. The molecule has 0 rings (SSSR count). The topological polar surface area (TPSA) is 58.4 Å². The van der Waals surface area contributed by atoms with Gasteiger partial charge in [-0.1, -0.05) is 19.9 Å². The first-order valence-corrected chi connectivity index (χ1v) is 6.94. The van der Waals surface area contributed by atoms with E-state index in [1.54, 1.807) is 6.08 Å². The third-order valence-corrected chi connectivity index (χ3v) is 3.15. The van der Waals surface area contributed by atoms with Gasteiger partial charge >= 0.3 is 0 Å². The van der Waals surface area contributed by atoms with Crippen LogP contribution in [0.2, 0.25) is 0 Å². The van der Waals surface area contributed by atoms with Crippen LogP contribution in [0.25, 0.3) is 0 Å². The van der Waals surface area contributed by atoms with Gasteiger partial charge in [0.05, 0.1) is 6.04 Å². The van der Waals surface area contributed by atoms with Gasteiger partial charge < -0.3 is 16.0 Å². The van der Waals surface area contributed by atoms with Crippen LogP contribution in [0.15, 0.2) is 12.7 Å². The average Bonchev–Trinajstić information content (AvgIpc) is 2.34. The molecule has 0 bridgehead atoms. The van der Waals surface area contributed by atoms with Crippen molar-refractivity contribution in [3.63, 3.8) is 0 Å². The lowest BCUT2D eigenvalue weighted by molar-refractivity contribution is -0.122. The monoisotopic (exact) mass is 255 g/mol. The maximum absolute atomic E-state index is 11.7. The zero-order chi connectivity index (χ0) is 14.0. The number of nitrogens with zero attached hydrogens (tertiary/aromatic N) is 1. The zero-order valence-electron chi connectivity index (χ0n) is 12.1. The SMILES string of the molecule is C=CCC(N)C(=O)NC(C)CCCN(CC)CC. The van der Waals surface area contributed by atoms with Crippen molar-refractivity contribution in [3.8, 4) is 0 Å². The lowest BCUT2D eigenvalue weighted by Crippen LogP contribution is -2.44. The van der Waals surface area contributed by atoms with Gasteiger partial charge in [0.1, 0.15) is 0 Å². The summed E-state index contributed by atoms with van der Waals surface area (Å²) in [6.07, 6.45) is 4.29. The number of nitrogens with two attached hydrogens (primary N) is 1. The normalized spacial score (nSPS) is 14.3. The molecule has 0 radical (unpaired) electrons. The van der Waals surface area contributed by atoms with Crippen molar-refractivity contribution in [2.24, 2.45) is 5.73 Å². The molecule has 4 heteroatoms. The molecule has 2 unspecified atom stereocenters. The fourth-order valence-corrected chi connectivity index (χ4v) is 1.87. The quantitative estimate of drug-likeness (QED) is 0.582. The van der Waals surface area contributed by atoms with Crippen LogP contribution in [0.5, 0.6) is 0 Å². The van der Waals surface area contributed by atoms with Crippen LogP contribution >= 0.6 is 0 Å². The van der Waals surface area contributed by atoms with Crippen molar-refractivity contribution in [2.45, 2.75) is 52.1 Å². The van der Waals surface area contributed by atoms with Crippen molar-refractivity contribution >= 4 is 5.91 Å². The van der Waals surface area contributed by atoms with E-state index >= 15 is 0 Å². The molecule has 0 aliphatic heterocycles. The molecular weight excluding hydrogens is 226 g/mol. The highest BCUT2D eigenvalue weighted by Gasteiger charge is 2.14. The maximum atomic E-state index is 11.7. The Hall–Kier alpha value is -0.870. The van der Waals surface area contributed by atoms with Crippen LogP contribution in [0.1, 0.15) is 40.0 Å². The fourth-order valence-electron chi connectivity index (χ4n) is 1.87. The second-order valence-corrected chi connectivity index (χ2v) is 4.71. The highest BCUT2D eigenvalue weighted by molar-refractivity contribution is 5.81. The Morgan fingerprint density at radius 3 is 2.56 bits per heavy atom. The molecule has 106 valence electrons. The Balaban J connectivity index is 3.79. The first-order valence-electron chi connectivity index (χ1n) is 6.94. The minimum atomic E-state index is -0.465. The Labute approximate surface area is 112 Å². The highest BCUT2D eigenvalue weighted by atomic mass is 16.2. The second-order valence-electron chi connectivity index (χ2n) is 4.71. The van der Waals surface area contributed by atoms with Gasteiger partial charge in [-0.15, -0.1) is 6.58 Å². The van der Waals surface area contributed by atoms with Gasteiger partial charge in [-0.3, -0.25) is 4.79 Å². The maximum Gasteiger partial charge on any atom is 0.237 e. The van der Waals surface area contributed by atoms with Crippen molar-refractivity contribution in [1.29, 1.82) is 0 Å². The van der Waals surface area contributed by atoms with Crippen molar-refractivity contribution in [1.82, 2.24) is 10.2 Å². The molecule has 4 nitrogen and oxygen atoms in total. The number of carbonyl (C=O) groups is 1. The molecule has 0 saturated heterocycles. The first-order chi connectivity index (χ1) is 8.54. The van der Waals surface area contributed by atoms with E-state index in [-0.39, 0.29) is 11.9 Å². The minimum Gasteiger partial charge on any atom is -0.352 e. The van der Waals surface area contributed by atoms with E-state index in [1.165, 1.54) is 0 Å². The summed E-state index contributed by atoms with van der Waals surface area (Å²) in [6.45, 7) is 13.2. The summed E-state index contributed by atoms with van der Waals surface area (Å²) in [6, 6.07) is -0.281. The molecule has 0 aliphatic carbocycles. The van der Waals surface area contributed by atoms with Gasteiger partial charge in [0.25, 0.3) is 0 Å². The summed E-state index contributed by atoms with van der Waals surface area (Å²) < 4.78 is 0. The Morgan fingerprint density at radius 1 is 1.44 bits per heavy atom. The summed E-state index contributed by atoms with van der Waals surface area (Å²) >= 11 is 0. The third kappa shape index (κ3) is 7.45. The highest BCUT2D eigenvalue weighted by Crippen LogP contribution is 2.00. The fraction of sp³-hybridized carbons (Fsp3) is 0.786. The third-order valence-electron chi connectivity index (χ3n) is 3.15. The number of carbonyl (C=O) groups excluding carboxylic acids is 1. The van der Waals surface area contributed by atoms with E-state index < -0.39 is 6.04 Å². The molecule has 0 heterocycles. The van der Waals surface area contributed by atoms with E-state index in [0.717, 1.165) is 32.5 Å². The lowest BCUT2D eigenvalue weighted by atomic mass is 10.1. The number of rotatable bonds is 10. The Kier molecular flexibility index (Phi) is 9.60. The molecule has 18 heavy (non-hydrogen) atoms. The summed E-state index contributed by atoms with van der Waals surface area (Å²) in [5, 5.41) is 2.94. The first kappa shape index (κ1) is 17.1. The van der Waals surface area contributed by atoms with Crippen LogP contribution < -0.4 is 11.1 Å². The number of hydrogen-bond donors (Lipinski definition) is 2. The molecule has 0 aromatic rings. The predicted octanol–water partition coefficient (Wildman–Crippen LogP) is 1.52. The lowest BCUT2D eigenvalue weighted by Gasteiger charge is -2.20. The molecule has 3 N–H and O–H groups in total. The number of hydrogen-bond acceptors (Lipinski definition) is 3. The molecule has 0 saturated carbocycles. The molecule has 0 fully saturated rings. The average molecular weight is 255 g/mol. The van der Waals surface area contributed by atoms with E-state index in [1.807, 2.05) is 6.92 Å². The molecule has 0 aromatic heterocycles. The van der Waals surface area contributed by atoms with Gasteiger partial charge in [0, 0.05) is 6.04 Å². The van der Waals surface area contributed by atoms with Crippen LogP contribution in [0.3, 0.4) is 0 Å². The van der Waals surface area contributed by atoms with Crippen molar-refractivity contribution in [3.05, 3.63) is 12.7 Å². The molecule has 2 atom stereocenters. The number of nitrogens with one attached hydrogen (secondary N) is 1. The molecule has 0 aliphatic rings. The summed E-state index contributed by atoms with van der Waals surface area (Å²) in [5.74, 6) is -0.0785. The van der Waals surface area contributed by atoms with E-state index in [4.69, 9.17) is 5.73 Å². The summed E-state index contributed by atoms with van der Waals surface area (Å²) in [5.41, 5.74) is 5.70. The van der Waals surface area contributed by atoms with Crippen LogP contribution in [0.4, 0.5) is 0 Å². The minimum absolute atomic E-state index is 0.0785. The summed E-state index contributed by atoms with van der Waals surface area (Å²) in [7, 11) is 0. The van der Waals surface area contributed by atoms with Gasteiger partial charge in [0.15, 0.2) is 0 Å². The molecule has 0 spiro atoms.